The van der Waals surface area contributed by atoms with E-state index in [1.807, 2.05) is 42.5 Å². The van der Waals surface area contributed by atoms with E-state index in [-0.39, 0.29) is 11.3 Å². The summed E-state index contributed by atoms with van der Waals surface area (Å²) in [4.78, 5) is 4.37. The number of hydrogen-bond acceptors (Lipinski definition) is 6. The lowest BCUT2D eigenvalue weighted by Crippen LogP contribution is -2.13. The Hall–Kier alpha value is -2.14. The molecule has 0 unspecified atom stereocenters. The molecule has 0 aliphatic carbocycles. The Balaban J connectivity index is 2.21. The molecule has 0 fully saturated rings. The molecule has 0 aliphatic rings. The molecule has 6 nitrogen and oxygen atoms in total. The summed E-state index contributed by atoms with van der Waals surface area (Å²) in [5, 5.41) is 4.91. The highest BCUT2D eigenvalue weighted by Crippen LogP contribution is 2.47. The van der Waals surface area contributed by atoms with Crippen molar-refractivity contribution in [2.24, 2.45) is 0 Å². The van der Waals surface area contributed by atoms with E-state index in [4.69, 9.17) is 13.5 Å². The van der Waals surface area contributed by atoms with Crippen molar-refractivity contribution < 1.29 is 18.0 Å². The number of hydrogen-bond donors (Lipinski definition) is 1. The molecule has 1 aromatic heterocycles. The summed E-state index contributed by atoms with van der Waals surface area (Å²) in [5.41, 5.74) is 0.942. The van der Waals surface area contributed by atoms with Crippen LogP contribution in [0.1, 0.15) is 0 Å². The topological polar surface area (TPSA) is 73.6 Å². The molecule has 23 heavy (non-hydrogen) atoms. The van der Waals surface area contributed by atoms with Crippen molar-refractivity contribution in [3.63, 3.8) is 0 Å². The van der Waals surface area contributed by atoms with Gasteiger partial charge >= 0.3 is 7.60 Å². The van der Waals surface area contributed by atoms with Crippen LogP contribution in [0.3, 0.4) is 0 Å². The van der Waals surface area contributed by atoms with Crippen LogP contribution in [0.4, 0.5) is 5.88 Å². The fraction of sp³-hybridized carbons (Fsp3) is 0.188. The molecule has 0 saturated heterocycles. The third-order valence-electron chi connectivity index (χ3n) is 3.60. The number of aromatic nitrogens is 1. The molecule has 120 valence electrons. The van der Waals surface area contributed by atoms with Crippen LogP contribution in [0.5, 0.6) is 0 Å². The molecule has 2 aromatic carbocycles. The molecular weight excluding hydrogens is 315 g/mol. The van der Waals surface area contributed by atoms with Crippen molar-refractivity contribution in [2.45, 2.75) is 0 Å². The average molecular weight is 332 g/mol. The highest BCUT2D eigenvalue weighted by Gasteiger charge is 2.34. The summed E-state index contributed by atoms with van der Waals surface area (Å²) in [6.45, 7) is 0. The van der Waals surface area contributed by atoms with Gasteiger partial charge in [-0.05, 0) is 16.8 Å². The molecule has 0 saturated carbocycles. The molecule has 0 atom stereocenters. The zero-order valence-corrected chi connectivity index (χ0v) is 14.0. The van der Waals surface area contributed by atoms with E-state index in [1.165, 1.54) is 14.2 Å². The van der Waals surface area contributed by atoms with Gasteiger partial charge in [-0.2, -0.15) is 4.98 Å². The maximum atomic E-state index is 12.6. The Labute approximate surface area is 134 Å². The van der Waals surface area contributed by atoms with Crippen molar-refractivity contribution in [3.8, 4) is 11.5 Å². The fourth-order valence-corrected chi connectivity index (χ4v) is 3.55. The number of oxazole rings is 1. The predicted molar refractivity (Wildman–Crippen MR) is 90.3 cm³/mol. The number of rotatable bonds is 5. The Kier molecular flexibility index (Phi) is 4.22. The second-order valence-electron chi connectivity index (χ2n) is 4.81. The Morgan fingerprint density at radius 3 is 2.48 bits per heavy atom. The van der Waals surface area contributed by atoms with Crippen LogP contribution < -0.4 is 10.8 Å². The van der Waals surface area contributed by atoms with Crippen molar-refractivity contribution >= 4 is 29.7 Å². The molecule has 0 amide bonds. The van der Waals surface area contributed by atoms with Crippen molar-refractivity contribution in [1.82, 2.24) is 4.98 Å². The number of nitrogens with one attached hydrogen (secondary N) is 1. The summed E-state index contributed by atoms with van der Waals surface area (Å²) in [6, 6.07) is 13.8. The van der Waals surface area contributed by atoms with Crippen LogP contribution in [0.15, 0.2) is 46.9 Å². The number of fused-ring (bicyclic) bond motifs is 1. The van der Waals surface area contributed by atoms with Crippen LogP contribution in [-0.4, -0.2) is 26.3 Å². The van der Waals surface area contributed by atoms with E-state index in [0.29, 0.717) is 5.89 Å². The predicted octanol–water partition coefficient (Wildman–Crippen LogP) is 3.65. The van der Waals surface area contributed by atoms with E-state index < -0.39 is 7.60 Å². The highest BCUT2D eigenvalue weighted by molar-refractivity contribution is 7.62. The summed E-state index contributed by atoms with van der Waals surface area (Å²) in [5.74, 6) is 0.621. The molecule has 3 aromatic rings. The molecule has 0 bridgehead atoms. The summed E-state index contributed by atoms with van der Waals surface area (Å²) < 4.78 is 28.4. The third kappa shape index (κ3) is 2.65. The molecule has 1 heterocycles. The van der Waals surface area contributed by atoms with Crippen molar-refractivity contribution in [1.29, 1.82) is 0 Å². The molecule has 7 heteroatoms. The van der Waals surface area contributed by atoms with Gasteiger partial charge in [-0.15, -0.1) is 0 Å². The lowest BCUT2D eigenvalue weighted by atomic mass is 10.0. The lowest BCUT2D eigenvalue weighted by Gasteiger charge is -2.10. The first kappa shape index (κ1) is 15.7. The van der Waals surface area contributed by atoms with Crippen LogP contribution in [0, 0.1) is 0 Å². The third-order valence-corrected chi connectivity index (χ3v) is 5.38. The van der Waals surface area contributed by atoms with E-state index in [0.717, 1.165) is 16.3 Å². The van der Waals surface area contributed by atoms with Gasteiger partial charge in [-0.3, -0.25) is 4.57 Å². The Morgan fingerprint density at radius 1 is 1.09 bits per heavy atom. The minimum atomic E-state index is -3.52. The zero-order valence-electron chi connectivity index (χ0n) is 13.1. The second-order valence-corrected chi connectivity index (χ2v) is 6.96. The average Bonchev–Trinajstić information content (AvgIpc) is 3.05. The Morgan fingerprint density at radius 2 is 1.78 bits per heavy atom. The van der Waals surface area contributed by atoms with Gasteiger partial charge in [0, 0.05) is 26.8 Å². The maximum Gasteiger partial charge on any atom is 0.384 e. The minimum absolute atomic E-state index is 0.132. The maximum absolute atomic E-state index is 12.6. The molecule has 3 rings (SSSR count). The first-order chi connectivity index (χ1) is 11.1. The molecule has 0 radical (unpaired) electrons. The van der Waals surface area contributed by atoms with Gasteiger partial charge in [0.25, 0.3) is 0 Å². The lowest BCUT2D eigenvalue weighted by molar-refractivity contribution is 0.286. The fourth-order valence-electron chi connectivity index (χ4n) is 2.44. The standard InChI is InChI=1S/C16H17N2O4P/c1-17-15-16(23(19,20-2)21-3)18-14(22-15)13-10-6-8-11-7-4-5-9-12(11)13/h4-10,17H,1-3H3. The normalized spacial score (nSPS) is 11.8. The first-order valence-electron chi connectivity index (χ1n) is 7.01. The first-order valence-corrected chi connectivity index (χ1v) is 8.56. The van der Waals surface area contributed by atoms with Gasteiger partial charge in [0.2, 0.25) is 17.2 Å². The smallest absolute Gasteiger partial charge is 0.384 e. The van der Waals surface area contributed by atoms with Crippen molar-refractivity contribution in [2.75, 3.05) is 26.6 Å². The molecule has 0 spiro atoms. The van der Waals surface area contributed by atoms with Crippen molar-refractivity contribution in [3.05, 3.63) is 42.5 Å². The molecular formula is C16H17N2O4P. The van der Waals surface area contributed by atoms with Gasteiger partial charge in [0.15, 0.2) is 0 Å². The number of benzene rings is 2. The minimum Gasteiger partial charge on any atom is -0.420 e. The quantitative estimate of drug-likeness (QED) is 0.719. The van der Waals surface area contributed by atoms with Gasteiger partial charge < -0.3 is 18.8 Å². The Bertz CT molecular complexity index is 877. The second kappa shape index (κ2) is 6.16. The van der Waals surface area contributed by atoms with Gasteiger partial charge in [0.1, 0.15) is 0 Å². The van der Waals surface area contributed by atoms with E-state index >= 15 is 0 Å². The van der Waals surface area contributed by atoms with E-state index in [2.05, 4.69) is 10.3 Å². The van der Waals surface area contributed by atoms with E-state index in [9.17, 15) is 4.57 Å². The van der Waals surface area contributed by atoms with E-state index in [1.54, 1.807) is 7.05 Å². The number of anilines is 1. The van der Waals surface area contributed by atoms with Gasteiger partial charge in [-0.1, -0.05) is 36.4 Å². The largest absolute Gasteiger partial charge is 0.420 e. The van der Waals surface area contributed by atoms with Crippen LogP contribution in [0.2, 0.25) is 0 Å². The summed E-state index contributed by atoms with van der Waals surface area (Å²) in [6.07, 6.45) is 0. The van der Waals surface area contributed by atoms with Gasteiger partial charge in [0.05, 0.1) is 0 Å². The van der Waals surface area contributed by atoms with Crippen LogP contribution >= 0.6 is 7.60 Å². The zero-order chi connectivity index (χ0) is 16.4. The molecule has 0 aliphatic heterocycles. The van der Waals surface area contributed by atoms with Crippen LogP contribution in [-0.2, 0) is 13.6 Å². The summed E-state index contributed by atoms with van der Waals surface area (Å²) in [7, 11) is 0.775. The monoisotopic (exact) mass is 332 g/mol. The highest BCUT2D eigenvalue weighted by atomic mass is 31.2. The van der Waals surface area contributed by atoms with Gasteiger partial charge in [-0.25, -0.2) is 0 Å². The molecule has 1 N–H and O–H groups in total. The van der Waals surface area contributed by atoms with Crippen LogP contribution in [0.25, 0.3) is 22.2 Å². The summed E-state index contributed by atoms with van der Waals surface area (Å²) >= 11 is 0. The number of nitrogens with zero attached hydrogens (tertiary/aromatic N) is 1. The SMILES string of the molecule is CNc1oc(-c2cccc3ccccc23)nc1P(=O)(OC)OC.